The average molecular weight is 1150 g/mol. The van der Waals surface area contributed by atoms with E-state index < -0.39 is 67.4 Å². The van der Waals surface area contributed by atoms with Crippen molar-refractivity contribution in [1.82, 2.24) is 5.32 Å². The van der Waals surface area contributed by atoms with Gasteiger partial charge in [0.2, 0.25) is 5.91 Å². The van der Waals surface area contributed by atoms with Crippen LogP contribution in [0.25, 0.3) is 0 Å². The maximum Gasteiger partial charge on any atom is 0.306 e. The summed E-state index contributed by atoms with van der Waals surface area (Å²) in [6, 6.07) is -1.03. The number of carbonyl (C=O) groups excluding carboxylic acids is 2. The Kier molecular flexibility index (Phi) is 54.2. The third-order valence-corrected chi connectivity index (χ3v) is 15.3. The number of hydrogen-bond acceptors (Lipinski definition) is 10. The van der Waals surface area contributed by atoms with E-state index in [1.54, 1.807) is 6.08 Å². The molecule has 11 nitrogen and oxygen atoms in total. The second-order valence-corrected chi connectivity index (χ2v) is 22.9. The molecule has 1 aliphatic rings. The fourth-order valence-corrected chi connectivity index (χ4v) is 10.0. The summed E-state index contributed by atoms with van der Waals surface area (Å²) in [4.78, 5) is 26.6. The minimum Gasteiger partial charge on any atom is -0.454 e. The molecule has 1 fully saturated rings. The van der Waals surface area contributed by atoms with Gasteiger partial charge in [0.05, 0.1) is 25.4 Å². The molecule has 0 saturated carbocycles. The lowest BCUT2D eigenvalue weighted by Crippen LogP contribution is -2.61. The van der Waals surface area contributed by atoms with Gasteiger partial charge in [-0.3, -0.25) is 9.59 Å². The second-order valence-electron chi connectivity index (χ2n) is 22.9. The summed E-state index contributed by atoms with van der Waals surface area (Å²) in [5, 5.41) is 57.1. The van der Waals surface area contributed by atoms with Crippen molar-refractivity contribution >= 4 is 11.9 Å². The minimum absolute atomic E-state index is 0.0939. The topological polar surface area (TPSA) is 175 Å². The zero-order valence-corrected chi connectivity index (χ0v) is 52.3. The Balaban J connectivity index is 2.59. The first kappa shape index (κ1) is 76.6. The maximum atomic E-state index is 13.5. The summed E-state index contributed by atoms with van der Waals surface area (Å²) < 4.78 is 17.6. The highest BCUT2D eigenvalue weighted by Crippen LogP contribution is 2.26. The summed E-state index contributed by atoms with van der Waals surface area (Å²) in [6.45, 7) is 5.62. The van der Waals surface area contributed by atoms with E-state index in [2.05, 4.69) is 74.7 Å². The van der Waals surface area contributed by atoms with E-state index in [-0.39, 0.29) is 19.4 Å². The third kappa shape index (κ3) is 45.0. The summed E-state index contributed by atoms with van der Waals surface area (Å²) in [6.07, 6.45) is 67.3. The van der Waals surface area contributed by atoms with Gasteiger partial charge in [-0.2, -0.15) is 0 Å². The first-order valence-corrected chi connectivity index (χ1v) is 33.6. The quantitative estimate of drug-likeness (QED) is 0.0149. The summed E-state index contributed by atoms with van der Waals surface area (Å²) >= 11 is 0. The van der Waals surface area contributed by atoms with Crippen molar-refractivity contribution in [3.63, 3.8) is 0 Å². The molecule has 1 saturated heterocycles. The van der Waals surface area contributed by atoms with Crippen molar-refractivity contribution in [3.8, 4) is 0 Å². The van der Waals surface area contributed by atoms with Crippen molar-refractivity contribution < 1.29 is 49.3 Å². The van der Waals surface area contributed by atoms with Crippen LogP contribution in [0.15, 0.2) is 97.2 Å². The van der Waals surface area contributed by atoms with E-state index in [1.807, 2.05) is 42.5 Å². The van der Waals surface area contributed by atoms with Gasteiger partial charge in [0.15, 0.2) is 12.4 Å². The molecule has 82 heavy (non-hydrogen) atoms. The fourth-order valence-electron chi connectivity index (χ4n) is 10.0. The number of allylic oxidation sites excluding steroid dienone is 15. The standard InChI is InChI=1S/C71H123NO10/c1-4-7-10-13-16-19-22-25-27-28-29-30-31-32-33-34-35-36-37-39-40-43-46-49-52-55-58-64(75)70(79)72-62(63(74)57-54-51-48-45-42-24-21-18-15-12-9-6-3)61-80-71-69(68(78)67(77)65(60-73)81-71)82-66(76)59-56-53-50-47-44-41-38-26-23-20-17-14-11-8-5-2/h8,11,14,16-17,19-20,23,25-27,29-30,38,54,57,62-65,67-69,71,73-75,77-78H,4-7,9-10,12-13,15,18,21-22,24,28,31-37,39-53,55-56,58-61H2,1-3H3,(H,72,79)/b11-8+,17-14+,19-16-,23-20+,27-25-,30-29-,38-26-,57-54+. The fraction of sp³-hybridized carbons (Fsp3) is 0.746. The highest BCUT2D eigenvalue weighted by molar-refractivity contribution is 5.80. The highest BCUT2D eigenvalue weighted by Gasteiger charge is 2.47. The van der Waals surface area contributed by atoms with Crippen LogP contribution in [-0.2, 0) is 23.8 Å². The van der Waals surface area contributed by atoms with Crippen molar-refractivity contribution in [2.45, 2.75) is 327 Å². The van der Waals surface area contributed by atoms with Crippen LogP contribution in [0.1, 0.15) is 278 Å². The van der Waals surface area contributed by atoms with E-state index in [0.717, 1.165) is 89.9 Å². The molecule has 0 radical (unpaired) electrons. The number of amides is 1. The number of rotatable bonds is 56. The third-order valence-electron chi connectivity index (χ3n) is 15.3. The molecular formula is C71H123NO10. The van der Waals surface area contributed by atoms with Gasteiger partial charge in [0.25, 0.3) is 0 Å². The molecule has 8 atom stereocenters. The lowest BCUT2D eigenvalue weighted by atomic mass is 9.99. The highest BCUT2D eigenvalue weighted by atomic mass is 16.7. The molecule has 0 aromatic carbocycles. The Labute approximate surface area is 501 Å². The molecule has 1 rings (SSSR count). The average Bonchev–Trinajstić information content (AvgIpc) is 3.44. The number of unbranched alkanes of at least 4 members (excludes halogenated alkanes) is 31. The number of aliphatic hydroxyl groups is 5. The first-order valence-electron chi connectivity index (χ1n) is 33.6. The molecule has 472 valence electrons. The normalized spacial score (nSPS) is 19.2. The van der Waals surface area contributed by atoms with Crippen LogP contribution >= 0.6 is 0 Å². The Bertz CT molecular complexity index is 1700. The van der Waals surface area contributed by atoms with Crippen LogP contribution in [0, 0.1) is 0 Å². The zero-order valence-electron chi connectivity index (χ0n) is 52.3. The van der Waals surface area contributed by atoms with E-state index in [1.165, 1.54) is 141 Å². The summed E-state index contributed by atoms with van der Waals surface area (Å²) in [5.74, 6) is -1.22. The molecule has 0 spiro atoms. The molecule has 1 amide bonds. The van der Waals surface area contributed by atoms with Crippen LogP contribution in [0.2, 0.25) is 0 Å². The smallest absolute Gasteiger partial charge is 0.306 e. The number of carbonyl (C=O) groups is 2. The molecule has 0 aliphatic carbocycles. The molecule has 0 aromatic rings. The number of aliphatic hydroxyl groups excluding tert-OH is 5. The van der Waals surface area contributed by atoms with Gasteiger partial charge in [-0.25, -0.2) is 0 Å². The Morgan fingerprint density at radius 2 is 0.927 bits per heavy atom. The van der Waals surface area contributed by atoms with Crippen LogP contribution in [0.5, 0.6) is 0 Å². The van der Waals surface area contributed by atoms with Crippen LogP contribution in [0.4, 0.5) is 0 Å². The van der Waals surface area contributed by atoms with Crippen molar-refractivity contribution in [2.24, 2.45) is 0 Å². The van der Waals surface area contributed by atoms with E-state index in [4.69, 9.17) is 14.2 Å². The van der Waals surface area contributed by atoms with Gasteiger partial charge in [-0.15, -0.1) is 0 Å². The van der Waals surface area contributed by atoms with Gasteiger partial charge in [0, 0.05) is 6.42 Å². The zero-order chi connectivity index (χ0) is 59.6. The molecule has 1 heterocycles. The van der Waals surface area contributed by atoms with Gasteiger partial charge >= 0.3 is 5.97 Å². The molecule has 11 heteroatoms. The van der Waals surface area contributed by atoms with Gasteiger partial charge in [0.1, 0.15) is 24.4 Å². The molecule has 8 unspecified atom stereocenters. The van der Waals surface area contributed by atoms with Crippen LogP contribution in [0.3, 0.4) is 0 Å². The van der Waals surface area contributed by atoms with Crippen LogP contribution in [-0.4, -0.2) is 99.6 Å². The molecule has 0 bridgehead atoms. The van der Waals surface area contributed by atoms with E-state index >= 15 is 0 Å². The Morgan fingerprint density at radius 1 is 0.500 bits per heavy atom. The predicted molar refractivity (Wildman–Crippen MR) is 342 cm³/mol. The Hall–Kier alpha value is -3.42. The predicted octanol–water partition coefficient (Wildman–Crippen LogP) is 16.7. The van der Waals surface area contributed by atoms with Crippen molar-refractivity contribution in [2.75, 3.05) is 13.2 Å². The van der Waals surface area contributed by atoms with Crippen molar-refractivity contribution in [3.05, 3.63) is 97.2 Å². The SMILES string of the molecule is CC/C=C/C=C/C=C/C=C\CCCCCCCC(=O)OC1C(OCC(NC(=O)C(O)CCCCCCCCCCCCCCC/C=C\C/C=C\C/C=C\CCCCC)C(O)/C=C/CCCCCCCCCCCC)OC(CO)C(O)C1O. The van der Waals surface area contributed by atoms with Gasteiger partial charge < -0.3 is 45.1 Å². The maximum absolute atomic E-state index is 13.5. The minimum atomic E-state index is -1.63. The number of nitrogens with one attached hydrogen (secondary N) is 1. The van der Waals surface area contributed by atoms with Crippen molar-refractivity contribution in [1.29, 1.82) is 0 Å². The number of esters is 1. The largest absolute Gasteiger partial charge is 0.454 e. The van der Waals surface area contributed by atoms with Crippen LogP contribution < -0.4 is 5.32 Å². The van der Waals surface area contributed by atoms with Gasteiger partial charge in [-0.1, -0.05) is 285 Å². The van der Waals surface area contributed by atoms with Gasteiger partial charge in [-0.05, 0) is 83.5 Å². The lowest BCUT2D eigenvalue weighted by Gasteiger charge is -2.41. The number of hydrogen-bond donors (Lipinski definition) is 6. The second kappa shape index (κ2) is 58.0. The number of ether oxygens (including phenoxy) is 3. The molecule has 6 N–H and O–H groups in total. The lowest BCUT2D eigenvalue weighted by molar-refractivity contribution is -0.305. The Morgan fingerprint density at radius 3 is 1.45 bits per heavy atom. The molecular weight excluding hydrogens is 1030 g/mol. The molecule has 1 aliphatic heterocycles. The van der Waals surface area contributed by atoms with E-state index in [0.29, 0.717) is 12.8 Å². The molecule has 0 aromatic heterocycles. The summed E-state index contributed by atoms with van der Waals surface area (Å²) in [7, 11) is 0. The summed E-state index contributed by atoms with van der Waals surface area (Å²) in [5.41, 5.74) is 0. The van der Waals surface area contributed by atoms with E-state index in [9.17, 15) is 35.1 Å². The monoisotopic (exact) mass is 1150 g/mol. The first-order chi connectivity index (χ1) is 40.2.